The van der Waals surface area contributed by atoms with Gasteiger partial charge >= 0.3 is 0 Å². The average Bonchev–Trinajstić information content (AvgIpc) is 2.47. The lowest BCUT2D eigenvalue weighted by Gasteiger charge is -2.51. The van der Waals surface area contributed by atoms with Crippen molar-refractivity contribution >= 4 is 13.8 Å². The first-order valence-corrected chi connectivity index (χ1v) is 9.55. The first-order chi connectivity index (χ1) is 10.9. The molecule has 2 rings (SSSR count). The van der Waals surface area contributed by atoms with E-state index in [4.69, 9.17) is 12.6 Å². The molecule has 1 aliphatic heterocycles. The van der Waals surface area contributed by atoms with Crippen LogP contribution in [0.5, 0.6) is 0 Å². The molecular formula is C19H34BNO2. The second-order valence-electron chi connectivity index (χ2n) is 8.13. The molecule has 0 aromatic carbocycles. The van der Waals surface area contributed by atoms with Gasteiger partial charge in [0.05, 0.1) is 7.85 Å². The van der Waals surface area contributed by atoms with Crippen LogP contribution in [0.2, 0.25) is 5.31 Å². The number of hydrogen-bond acceptors (Lipinski definition) is 2. The summed E-state index contributed by atoms with van der Waals surface area (Å²) in [4.78, 5) is 15.2. The summed E-state index contributed by atoms with van der Waals surface area (Å²) in [7, 11) is 6.63. The zero-order chi connectivity index (χ0) is 16.9. The lowest BCUT2D eigenvalue weighted by molar-refractivity contribution is -0.138. The van der Waals surface area contributed by atoms with Crippen LogP contribution in [0.15, 0.2) is 0 Å². The summed E-state index contributed by atoms with van der Waals surface area (Å²) in [6.45, 7) is 9.76. The number of carbonyl (C=O) groups is 1. The lowest BCUT2D eigenvalue weighted by Crippen LogP contribution is -2.48. The second kappa shape index (κ2) is 8.05. The van der Waals surface area contributed by atoms with E-state index in [-0.39, 0.29) is 16.6 Å². The molecule has 0 spiro atoms. The van der Waals surface area contributed by atoms with Gasteiger partial charge in [0, 0.05) is 32.2 Å². The Bertz CT molecular complexity index is 391. The fourth-order valence-corrected chi connectivity index (χ4v) is 4.24. The summed E-state index contributed by atoms with van der Waals surface area (Å²) in [5.41, 5.74) is 0.0294. The first-order valence-electron chi connectivity index (χ1n) is 9.55. The molecule has 2 aliphatic rings. The van der Waals surface area contributed by atoms with Crippen LogP contribution in [0.4, 0.5) is 0 Å². The summed E-state index contributed by atoms with van der Waals surface area (Å²) < 4.78 is 5.51. The zero-order valence-electron chi connectivity index (χ0n) is 15.4. The highest BCUT2D eigenvalue weighted by Gasteiger charge is 2.44. The van der Waals surface area contributed by atoms with Gasteiger partial charge in [-0.15, -0.1) is 0 Å². The maximum atomic E-state index is 13.1. The van der Waals surface area contributed by atoms with Crippen LogP contribution >= 0.6 is 0 Å². The van der Waals surface area contributed by atoms with Crippen molar-refractivity contribution in [1.82, 2.24) is 4.90 Å². The Morgan fingerprint density at radius 2 is 1.74 bits per heavy atom. The van der Waals surface area contributed by atoms with Crippen molar-refractivity contribution < 1.29 is 9.53 Å². The highest BCUT2D eigenvalue weighted by molar-refractivity contribution is 6.15. The molecule has 1 amide bonds. The monoisotopic (exact) mass is 319 g/mol. The number of rotatable bonds is 4. The summed E-state index contributed by atoms with van der Waals surface area (Å²) in [6, 6.07) is 0. The van der Waals surface area contributed by atoms with Gasteiger partial charge in [-0.25, -0.2) is 0 Å². The molecule has 2 radical (unpaired) electrons. The van der Waals surface area contributed by atoms with E-state index in [0.717, 1.165) is 64.8 Å². The van der Waals surface area contributed by atoms with E-state index in [2.05, 4.69) is 25.7 Å². The third-order valence-electron chi connectivity index (χ3n) is 6.32. The summed E-state index contributed by atoms with van der Waals surface area (Å²) in [5, 5.41) is -0.173. The minimum Gasteiger partial charge on any atom is -0.381 e. The summed E-state index contributed by atoms with van der Waals surface area (Å²) in [6.07, 6.45) is 8.57. The molecule has 0 unspecified atom stereocenters. The van der Waals surface area contributed by atoms with Crippen LogP contribution in [-0.4, -0.2) is 45.0 Å². The van der Waals surface area contributed by atoms with Gasteiger partial charge in [-0.05, 0) is 44.4 Å². The second-order valence-corrected chi connectivity index (χ2v) is 8.13. The summed E-state index contributed by atoms with van der Waals surface area (Å²) in [5.74, 6) is 0.520. The molecule has 1 heterocycles. The molecule has 4 heteroatoms. The number of hydrogen-bond donors (Lipinski definition) is 0. The van der Waals surface area contributed by atoms with Crippen molar-refractivity contribution in [3.63, 3.8) is 0 Å². The Balaban J connectivity index is 2.04. The van der Waals surface area contributed by atoms with Crippen molar-refractivity contribution in [3.05, 3.63) is 0 Å². The topological polar surface area (TPSA) is 29.5 Å². The van der Waals surface area contributed by atoms with E-state index in [0.29, 0.717) is 5.91 Å². The van der Waals surface area contributed by atoms with Crippen LogP contribution in [0.25, 0.3) is 0 Å². The van der Waals surface area contributed by atoms with Gasteiger partial charge < -0.3 is 9.64 Å². The highest BCUT2D eigenvalue weighted by atomic mass is 16.5. The third kappa shape index (κ3) is 4.52. The largest absolute Gasteiger partial charge is 0.381 e. The number of carbonyl (C=O) groups excluding carboxylic acids is 1. The Kier molecular flexibility index (Phi) is 6.59. The average molecular weight is 319 g/mol. The lowest BCUT2D eigenvalue weighted by atomic mass is 9.48. The Morgan fingerprint density at radius 1 is 1.13 bits per heavy atom. The van der Waals surface area contributed by atoms with E-state index in [1.54, 1.807) is 0 Å². The smallest absolute Gasteiger partial charge is 0.225 e. The maximum Gasteiger partial charge on any atom is 0.225 e. The number of amides is 1. The Labute approximate surface area is 143 Å². The van der Waals surface area contributed by atoms with E-state index in [1.807, 2.05) is 0 Å². The standard InChI is InChI=1S/C19H34BNO2/c1-4-21(15-18(2)11-5-6-12-19(18,3)20)17(22)16-9-7-13-23-14-8-10-16/h16H,4-15H2,1-3H3/t18-,19+/m0/s1. The molecule has 1 saturated heterocycles. The molecule has 130 valence electrons. The van der Waals surface area contributed by atoms with Crippen molar-refractivity contribution in [2.75, 3.05) is 26.3 Å². The van der Waals surface area contributed by atoms with Crippen molar-refractivity contribution in [3.8, 4) is 0 Å². The van der Waals surface area contributed by atoms with Gasteiger partial charge in [-0.2, -0.15) is 0 Å². The van der Waals surface area contributed by atoms with Crippen LogP contribution in [-0.2, 0) is 9.53 Å². The number of nitrogens with zero attached hydrogens (tertiary/aromatic N) is 1. The predicted molar refractivity (Wildman–Crippen MR) is 95.7 cm³/mol. The van der Waals surface area contributed by atoms with Crippen molar-refractivity contribution in [1.29, 1.82) is 0 Å². The molecule has 2 atom stereocenters. The van der Waals surface area contributed by atoms with Crippen LogP contribution in [0, 0.1) is 11.3 Å². The Hall–Kier alpha value is -0.505. The van der Waals surface area contributed by atoms with Crippen molar-refractivity contribution in [2.45, 2.75) is 77.5 Å². The van der Waals surface area contributed by atoms with E-state index in [1.165, 1.54) is 12.8 Å². The fourth-order valence-electron chi connectivity index (χ4n) is 4.24. The fraction of sp³-hybridized carbons (Fsp3) is 0.947. The van der Waals surface area contributed by atoms with Crippen LogP contribution in [0.1, 0.15) is 72.1 Å². The highest BCUT2D eigenvalue weighted by Crippen LogP contribution is 2.54. The van der Waals surface area contributed by atoms with E-state index in [9.17, 15) is 4.79 Å². The van der Waals surface area contributed by atoms with Gasteiger partial charge in [0.2, 0.25) is 5.91 Å². The zero-order valence-corrected chi connectivity index (χ0v) is 15.4. The minimum absolute atomic E-state index is 0.0294. The van der Waals surface area contributed by atoms with Gasteiger partial charge in [0.1, 0.15) is 0 Å². The van der Waals surface area contributed by atoms with Crippen LogP contribution < -0.4 is 0 Å². The molecule has 1 aliphatic carbocycles. The van der Waals surface area contributed by atoms with E-state index >= 15 is 0 Å². The van der Waals surface area contributed by atoms with Gasteiger partial charge in [-0.1, -0.05) is 38.4 Å². The minimum atomic E-state index is -0.173. The number of ether oxygens (including phenoxy) is 1. The maximum absolute atomic E-state index is 13.1. The van der Waals surface area contributed by atoms with Gasteiger partial charge in [0.25, 0.3) is 0 Å². The molecule has 0 aromatic rings. The molecule has 1 saturated carbocycles. The van der Waals surface area contributed by atoms with Gasteiger partial charge in [0.15, 0.2) is 0 Å². The first kappa shape index (κ1) is 18.8. The Morgan fingerprint density at radius 3 is 2.30 bits per heavy atom. The van der Waals surface area contributed by atoms with Crippen LogP contribution in [0.3, 0.4) is 0 Å². The molecule has 0 bridgehead atoms. The molecule has 0 N–H and O–H groups in total. The molecule has 3 nitrogen and oxygen atoms in total. The van der Waals surface area contributed by atoms with Gasteiger partial charge in [-0.3, -0.25) is 4.79 Å². The quantitative estimate of drug-likeness (QED) is 0.734. The van der Waals surface area contributed by atoms with Crippen molar-refractivity contribution in [2.24, 2.45) is 11.3 Å². The third-order valence-corrected chi connectivity index (χ3v) is 6.32. The molecule has 0 aromatic heterocycles. The molecule has 23 heavy (non-hydrogen) atoms. The normalized spacial score (nSPS) is 33.7. The summed E-state index contributed by atoms with van der Waals surface area (Å²) >= 11 is 0. The predicted octanol–water partition coefficient (Wildman–Crippen LogP) is 3.97. The SMILES string of the molecule is [B][C@]1(C)CCCC[C@@]1(C)CN(CC)C(=O)C1CCCOCCC1. The molecular weight excluding hydrogens is 285 g/mol. The van der Waals surface area contributed by atoms with E-state index < -0.39 is 0 Å². The molecule has 2 fully saturated rings.